The average molecular weight is 368 g/mol. The number of nitrogens with one attached hydrogen (secondary N) is 2. The van der Waals surface area contributed by atoms with E-state index >= 15 is 0 Å². The van der Waals surface area contributed by atoms with Crippen molar-refractivity contribution in [2.75, 3.05) is 31.7 Å². The molecule has 1 saturated heterocycles. The highest BCUT2D eigenvalue weighted by molar-refractivity contribution is 7.91. The van der Waals surface area contributed by atoms with Gasteiger partial charge in [-0.05, 0) is 29.5 Å². The molecule has 6 nitrogen and oxygen atoms in total. The van der Waals surface area contributed by atoms with E-state index in [4.69, 9.17) is 4.74 Å². The molecule has 0 saturated carbocycles. The molecule has 0 bridgehead atoms. The van der Waals surface area contributed by atoms with Gasteiger partial charge in [0.1, 0.15) is 12.4 Å². The fourth-order valence-corrected chi connectivity index (χ4v) is 4.36. The van der Waals surface area contributed by atoms with Crippen molar-refractivity contribution in [1.82, 2.24) is 10.6 Å². The zero-order valence-electron chi connectivity index (χ0n) is 15.5. The van der Waals surface area contributed by atoms with Gasteiger partial charge in [-0.2, -0.15) is 0 Å². The lowest BCUT2D eigenvalue weighted by Gasteiger charge is -2.19. The Morgan fingerprint density at radius 2 is 1.96 bits per heavy atom. The number of aliphatic imine (C=N–C) groups is 1. The fourth-order valence-electron chi connectivity index (χ4n) is 2.69. The quantitative estimate of drug-likeness (QED) is 0.471. The fraction of sp³-hybridized carbons (Fsp3) is 0.611. The molecule has 2 N–H and O–H groups in total. The van der Waals surface area contributed by atoms with Gasteiger partial charge in [-0.25, -0.2) is 8.42 Å². The molecule has 0 radical (unpaired) electrons. The molecule has 1 unspecified atom stereocenters. The smallest absolute Gasteiger partial charge is 0.191 e. The van der Waals surface area contributed by atoms with E-state index in [2.05, 4.69) is 48.5 Å². The van der Waals surface area contributed by atoms with Crippen molar-refractivity contribution in [2.24, 2.45) is 4.99 Å². The van der Waals surface area contributed by atoms with Crippen LogP contribution in [0.25, 0.3) is 0 Å². The van der Waals surface area contributed by atoms with E-state index in [1.165, 1.54) is 5.56 Å². The third-order valence-corrected chi connectivity index (χ3v) is 5.95. The highest BCUT2D eigenvalue weighted by Crippen LogP contribution is 2.24. The second-order valence-electron chi connectivity index (χ2n) is 7.37. The summed E-state index contributed by atoms with van der Waals surface area (Å²) in [5.74, 6) is 1.85. The lowest BCUT2D eigenvalue weighted by Crippen LogP contribution is -2.45. The Morgan fingerprint density at radius 3 is 2.48 bits per heavy atom. The largest absolute Gasteiger partial charge is 0.492 e. The first-order chi connectivity index (χ1) is 11.7. The predicted octanol–water partition coefficient (Wildman–Crippen LogP) is 1.72. The molecule has 7 heteroatoms. The molecular formula is C18H29N3O3S. The minimum atomic E-state index is -2.89. The molecule has 1 heterocycles. The third kappa shape index (κ3) is 6.23. The van der Waals surface area contributed by atoms with E-state index < -0.39 is 9.84 Å². The van der Waals surface area contributed by atoms with Crippen LogP contribution in [-0.2, 0) is 15.3 Å². The summed E-state index contributed by atoms with van der Waals surface area (Å²) in [4.78, 5) is 4.13. The van der Waals surface area contributed by atoms with Gasteiger partial charge >= 0.3 is 0 Å². The maximum absolute atomic E-state index is 11.5. The van der Waals surface area contributed by atoms with E-state index in [0.717, 1.165) is 5.75 Å². The Morgan fingerprint density at radius 1 is 1.28 bits per heavy atom. The van der Waals surface area contributed by atoms with Crippen molar-refractivity contribution >= 4 is 15.8 Å². The summed E-state index contributed by atoms with van der Waals surface area (Å²) in [6.07, 6.45) is 0.625. The van der Waals surface area contributed by atoms with Crippen molar-refractivity contribution in [3.05, 3.63) is 29.8 Å². The van der Waals surface area contributed by atoms with Gasteiger partial charge in [-0.15, -0.1) is 0 Å². The molecule has 0 aliphatic carbocycles. The number of hydrogen-bond donors (Lipinski definition) is 2. The SMILES string of the molecule is CN=C(NCCOc1ccc(C(C)(C)C)cc1)NC1CCS(=O)(=O)C1. The lowest BCUT2D eigenvalue weighted by molar-refractivity contribution is 0.321. The van der Waals surface area contributed by atoms with Gasteiger partial charge in [-0.1, -0.05) is 32.9 Å². The van der Waals surface area contributed by atoms with Crippen LogP contribution in [0.15, 0.2) is 29.3 Å². The lowest BCUT2D eigenvalue weighted by atomic mass is 9.87. The molecule has 0 spiro atoms. The van der Waals surface area contributed by atoms with Gasteiger partial charge in [0.2, 0.25) is 0 Å². The molecule has 1 aliphatic rings. The second-order valence-corrected chi connectivity index (χ2v) is 9.59. The summed E-state index contributed by atoms with van der Waals surface area (Å²) in [7, 11) is -1.22. The Kier molecular flexibility index (Phi) is 6.32. The van der Waals surface area contributed by atoms with Crippen LogP contribution in [0.4, 0.5) is 0 Å². The normalized spacial score (nSPS) is 20.3. The molecule has 1 aromatic carbocycles. The Hall–Kier alpha value is -1.76. The number of ether oxygens (including phenoxy) is 1. The molecule has 140 valence electrons. The topological polar surface area (TPSA) is 79.8 Å². The van der Waals surface area contributed by atoms with Crippen LogP contribution >= 0.6 is 0 Å². The standard InChI is InChI=1S/C18H29N3O3S/c1-18(2,3)14-5-7-16(8-6-14)24-11-10-20-17(19-4)21-15-9-12-25(22,23)13-15/h5-8,15H,9-13H2,1-4H3,(H2,19,20,21). The molecule has 1 aromatic rings. The van der Waals surface area contributed by atoms with E-state index in [0.29, 0.717) is 25.5 Å². The highest BCUT2D eigenvalue weighted by atomic mass is 32.2. The number of benzene rings is 1. The summed E-state index contributed by atoms with van der Waals surface area (Å²) in [6.45, 7) is 7.63. The molecule has 0 amide bonds. The van der Waals surface area contributed by atoms with Crippen molar-refractivity contribution in [3.63, 3.8) is 0 Å². The summed E-state index contributed by atoms with van der Waals surface area (Å²) < 4.78 is 28.7. The Bertz CT molecular complexity index is 691. The molecule has 1 aliphatic heterocycles. The Balaban J connectivity index is 1.72. The van der Waals surface area contributed by atoms with Gasteiger partial charge in [0, 0.05) is 13.1 Å². The van der Waals surface area contributed by atoms with Crippen LogP contribution in [0.5, 0.6) is 5.75 Å². The molecule has 1 atom stereocenters. The Labute approximate surface area is 151 Å². The van der Waals surface area contributed by atoms with Gasteiger partial charge in [0.25, 0.3) is 0 Å². The zero-order valence-corrected chi connectivity index (χ0v) is 16.3. The number of sulfone groups is 1. The minimum Gasteiger partial charge on any atom is -0.492 e. The first kappa shape index (κ1) is 19.6. The monoisotopic (exact) mass is 367 g/mol. The van der Waals surface area contributed by atoms with Gasteiger partial charge in [0.05, 0.1) is 18.1 Å². The minimum absolute atomic E-state index is 0.0675. The van der Waals surface area contributed by atoms with Crippen molar-refractivity contribution in [1.29, 1.82) is 0 Å². The predicted molar refractivity (Wildman–Crippen MR) is 102 cm³/mol. The molecule has 25 heavy (non-hydrogen) atoms. The van der Waals surface area contributed by atoms with Crippen LogP contribution in [-0.4, -0.2) is 52.1 Å². The zero-order chi connectivity index (χ0) is 18.5. The van der Waals surface area contributed by atoms with Crippen LogP contribution in [0.3, 0.4) is 0 Å². The van der Waals surface area contributed by atoms with E-state index in [1.807, 2.05) is 12.1 Å². The van der Waals surface area contributed by atoms with Crippen molar-refractivity contribution in [3.8, 4) is 5.75 Å². The highest BCUT2D eigenvalue weighted by Gasteiger charge is 2.28. The average Bonchev–Trinajstić information content (AvgIpc) is 2.88. The maximum atomic E-state index is 11.5. The van der Waals surface area contributed by atoms with Gasteiger partial charge in [-0.3, -0.25) is 4.99 Å². The number of rotatable bonds is 5. The van der Waals surface area contributed by atoms with E-state index in [9.17, 15) is 8.42 Å². The van der Waals surface area contributed by atoms with Gasteiger partial charge < -0.3 is 15.4 Å². The summed E-state index contributed by atoms with van der Waals surface area (Å²) >= 11 is 0. The molecule has 0 aromatic heterocycles. The van der Waals surface area contributed by atoms with Crippen LogP contribution < -0.4 is 15.4 Å². The molecular weight excluding hydrogens is 338 g/mol. The number of hydrogen-bond acceptors (Lipinski definition) is 4. The van der Waals surface area contributed by atoms with E-state index in [1.54, 1.807) is 7.05 Å². The second kappa shape index (κ2) is 8.08. The third-order valence-electron chi connectivity index (χ3n) is 4.18. The first-order valence-corrected chi connectivity index (χ1v) is 10.4. The molecule has 1 fully saturated rings. The van der Waals surface area contributed by atoms with Crippen LogP contribution in [0.1, 0.15) is 32.8 Å². The number of guanidine groups is 1. The van der Waals surface area contributed by atoms with Crippen LogP contribution in [0, 0.1) is 0 Å². The van der Waals surface area contributed by atoms with Crippen molar-refractivity contribution < 1.29 is 13.2 Å². The maximum Gasteiger partial charge on any atom is 0.191 e. The first-order valence-electron chi connectivity index (χ1n) is 8.60. The van der Waals surface area contributed by atoms with Crippen molar-refractivity contribution in [2.45, 2.75) is 38.6 Å². The van der Waals surface area contributed by atoms with E-state index in [-0.39, 0.29) is 23.0 Å². The summed E-state index contributed by atoms with van der Waals surface area (Å²) in [5, 5.41) is 6.30. The molecule has 2 rings (SSSR count). The van der Waals surface area contributed by atoms with Crippen LogP contribution in [0.2, 0.25) is 0 Å². The summed E-state index contributed by atoms with van der Waals surface area (Å²) in [5.41, 5.74) is 1.40. The van der Waals surface area contributed by atoms with Gasteiger partial charge in [0.15, 0.2) is 15.8 Å². The number of nitrogens with zero attached hydrogens (tertiary/aromatic N) is 1. The summed E-state index contributed by atoms with van der Waals surface area (Å²) in [6, 6.07) is 8.07.